The number of nitrogens with zero attached hydrogens (tertiary/aromatic N) is 1. The van der Waals surface area contributed by atoms with Crippen LogP contribution in [0.2, 0.25) is 0 Å². The molecule has 0 aromatic rings. The number of amides is 1. The normalized spacial score (nSPS) is 18.9. The van der Waals surface area contributed by atoms with Crippen molar-refractivity contribution in [1.82, 2.24) is 4.90 Å². The average molecular weight is 196 g/mol. The van der Waals surface area contributed by atoms with E-state index in [1.165, 1.54) is 0 Å². The van der Waals surface area contributed by atoms with E-state index in [-0.39, 0.29) is 11.9 Å². The number of hydrogen-bond acceptors (Lipinski definition) is 2. The van der Waals surface area contributed by atoms with Crippen molar-refractivity contribution < 1.29 is 4.79 Å². The van der Waals surface area contributed by atoms with Gasteiger partial charge in [0.25, 0.3) is 0 Å². The van der Waals surface area contributed by atoms with Gasteiger partial charge in [-0.2, -0.15) is 0 Å². The minimum absolute atomic E-state index is 0.0821. The van der Waals surface area contributed by atoms with Gasteiger partial charge in [-0.05, 0) is 33.1 Å². The van der Waals surface area contributed by atoms with E-state index in [1.807, 2.05) is 13.8 Å². The predicted molar refractivity (Wildman–Crippen MR) is 57.8 cm³/mol. The molecule has 1 rings (SSSR count). The van der Waals surface area contributed by atoms with Crippen LogP contribution < -0.4 is 5.73 Å². The topological polar surface area (TPSA) is 46.3 Å². The number of hydrogen-bond donors (Lipinski definition) is 1. The van der Waals surface area contributed by atoms with Gasteiger partial charge >= 0.3 is 0 Å². The Labute approximate surface area is 86.0 Å². The van der Waals surface area contributed by atoms with Crippen molar-refractivity contribution in [2.45, 2.75) is 44.7 Å². The summed E-state index contributed by atoms with van der Waals surface area (Å²) in [6.45, 7) is 8.26. The first kappa shape index (κ1) is 11.2. The summed E-state index contributed by atoms with van der Waals surface area (Å²) in [7, 11) is 0. The fraction of sp³-hybridized carbons (Fsp3) is 0.727. The van der Waals surface area contributed by atoms with Crippen LogP contribution in [0.25, 0.3) is 0 Å². The summed E-state index contributed by atoms with van der Waals surface area (Å²) >= 11 is 0. The summed E-state index contributed by atoms with van der Waals surface area (Å²) < 4.78 is 0. The van der Waals surface area contributed by atoms with E-state index < -0.39 is 5.54 Å². The molecule has 0 saturated heterocycles. The van der Waals surface area contributed by atoms with Gasteiger partial charge < -0.3 is 10.6 Å². The standard InChI is InChI=1S/C11H20N2O/c1-4-8-13(9(2)3)10(14)11(12)6-5-7-11/h4,9H,1,5-8,12H2,2-3H3. The Kier molecular flexibility index (Phi) is 3.32. The molecule has 0 spiro atoms. The molecule has 0 bridgehead atoms. The molecule has 3 heteroatoms. The molecule has 2 N–H and O–H groups in total. The van der Waals surface area contributed by atoms with E-state index in [9.17, 15) is 4.79 Å². The van der Waals surface area contributed by atoms with Crippen LogP contribution in [-0.4, -0.2) is 28.9 Å². The Balaban J connectivity index is 2.67. The highest BCUT2D eigenvalue weighted by molar-refractivity contribution is 5.87. The summed E-state index contributed by atoms with van der Waals surface area (Å²) in [4.78, 5) is 13.8. The Bertz CT molecular complexity index is 231. The van der Waals surface area contributed by atoms with Gasteiger partial charge in [-0.25, -0.2) is 0 Å². The molecule has 3 nitrogen and oxygen atoms in total. The van der Waals surface area contributed by atoms with Crippen molar-refractivity contribution in [2.24, 2.45) is 5.73 Å². The average Bonchev–Trinajstić information content (AvgIpc) is 2.08. The van der Waals surface area contributed by atoms with Crippen LogP contribution >= 0.6 is 0 Å². The Morgan fingerprint density at radius 3 is 2.50 bits per heavy atom. The summed E-state index contributed by atoms with van der Waals surface area (Å²) in [6.07, 6.45) is 4.47. The lowest BCUT2D eigenvalue weighted by atomic mass is 9.76. The number of carbonyl (C=O) groups excluding carboxylic acids is 1. The molecular formula is C11H20N2O. The predicted octanol–water partition coefficient (Wildman–Crippen LogP) is 1.29. The number of rotatable bonds is 4. The van der Waals surface area contributed by atoms with Gasteiger partial charge in [-0.3, -0.25) is 4.79 Å². The molecule has 1 fully saturated rings. The lowest BCUT2D eigenvalue weighted by molar-refractivity contribution is -0.141. The molecule has 0 radical (unpaired) electrons. The van der Waals surface area contributed by atoms with Gasteiger partial charge in [0.2, 0.25) is 5.91 Å². The molecule has 1 saturated carbocycles. The smallest absolute Gasteiger partial charge is 0.243 e. The minimum Gasteiger partial charge on any atom is -0.335 e. The van der Waals surface area contributed by atoms with Crippen molar-refractivity contribution in [3.63, 3.8) is 0 Å². The summed E-state index contributed by atoms with van der Waals surface area (Å²) in [5.74, 6) is 0.0821. The van der Waals surface area contributed by atoms with Crippen molar-refractivity contribution in [1.29, 1.82) is 0 Å². The Morgan fingerprint density at radius 1 is 1.64 bits per heavy atom. The highest BCUT2D eigenvalue weighted by atomic mass is 16.2. The Hall–Kier alpha value is -0.830. The molecule has 1 amide bonds. The molecule has 0 atom stereocenters. The zero-order valence-electron chi connectivity index (χ0n) is 9.12. The Morgan fingerprint density at radius 2 is 2.21 bits per heavy atom. The fourth-order valence-electron chi connectivity index (χ4n) is 1.72. The van der Waals surface area contributed by atoms with Crippen LogP contribution in [0.5, 0.6) is 0 Å². The monoisotopic (exact) mass is 196 g/mol. The molecule has 0 aliphatic heterocycles. The van der Waals surface area contributed by atoms with E-state index >= 15 is 0 Å². The maximum atomic E-state index is 12.0. The van der Waals surface area contributed by atoms with E-state index in [4.69, 9.17) is 5.73 Å². The van der Waals surface area contributed by atoms with Crippen LogP contribution in [0, 0.1) is 0 Å². The van der Waals surface area contributed by atoms with Crippen LogP contribution in [0.1, 0.15) is 33.1 Å². The van der Waals surface area contributed by atoms with Crippen LogP contribution in [0.3, 0.4) is 0 Å². The molecule has 14 heavy (non-hydrogen) atoms. The molecule has 0 aromatic carbocycles. The molecule has 1 aliphatic carbocycles. The van der Waals surface area contributed by atoms with Crippen LogP contribution in [0.4, 0.5) is 0 Å². The summed E-state index contributed by atoms with van der Waals surface area (Å²) in [6, 6.07) is 0.196. The highest BCUT2D eigenvalue weighted by Crippen LogP contribution is 2.31. The number of nitrogens with two attached hydrogens (primary N) is 1. The third-order valence-electron chi connectivity index (χ3n) is 2.88. The van der Waals surface area contributed by atoms with E-state index in [0.29, 0.717) is 6.54 Å². The first-order valence-electron chi connectivity index (χ1n) is 5.22. The second-order valence-corrected chi connectivity index (χ2v) is 4.35. The van der Waals surface area contributed by atoms with Crippen molar-refractivity contribution >= 4 is 5.91 Å². The molecule has 80 valence electrons. The maximum absolute atomic E-state index is 12.0. The van der Waals surface area contributed by atoms with Gasteiger partial charge in [0.15, 0.2) is 0 Å². The number of carbonyl (C=O) groups is 1. The van der Waals surface area contributed by atoms with Gasteiger partial charge in [0.1, 0.15) is 0 Å². The zero-order valence-corrected chi connectivity index (χ0v) is 9.12. The molecule has 0 heterocycles. The third-order valence-corrected chi connectivity index (χ3v) is 2.88. The van der Waals surface area contributed by atoms with Gasteiger partial charge in [0, 0.05) is 12.6 Å². The molecule has 0 aromatic heterocycles. The minimum atomic E-state index is -0.576. The van der Waals surface area contributed by atoms with Gasteiger partial charge in [0.05, 0.1) is 5.54 Å². The quantitative estimate of drug-likeness (QED) is 0.689. The lowest BCUT2D eigenvalue weighted by Crippen LogP contribution is -2.60. The van der Waals surface area contributed by atoms with Crippen molar-refractivity contribution in [3.05, 3.63) is 12.7 Å². The van der Waals surface area contributed by atoms with Crippen LogP contribution in [-0.2, 0) is 4.79 Å². The molecular weight excluding hydrogens is 176 g/mol. The van der Waals surface area contributed by atoms with Gasteiger partial charge in [-0.1, -0.05) is 6.08 Å². The lowest BCUT2D eigenvalue weighted by Gasteiger charge is -2.41. The first-order valence-corrected chi connectivity index (χ1v) is 5.22. The maximum Gasteiger partial charge on any atom is 0.243 e. The second kappa shape index (κ2) is 4.13. The SMILES string of the molecule is C=CCN(C(=O)C1(N)CCC1)C(C)C. The fourth-order valence-corrected chi connectivity index (χ4v) is 1.72. The largest absolute Gasteiger partial charge is 0.335 e. The van der Waals surface area contributed by atoms with E-state index in [1.54, 1.807) is 11.0 Å². The van der Waals surface area contributed by atoms with E-state index in [2.05, 4.69) is 6.58 Å². The first-order chi connectivity index (χ1) is 6.51. The molecule has 1 aliphatic rings. The molecule has 0 unspecified atom stereocenters. The zero-order chi connectivity index (χ0) is 10.8. The third kappa shape index (κ3) is 1.98. The van der Waals surface area contributed by atoms with Crippen molar-refractivity contribution in [2.75, 3.05) is 6.54 Å². The second-order valence-electron chi connectivity index (χ2n) is 4.35. The van der Waals surface area contributed by atoms with Crippen LogP contribution in [0.15, 0.2) is 12.7 Å². The summed E-state index contributed by atoms with van der Waals surface area (Å²) in [5, 5.41) is 0. The highest BCUT2D eigenvalue weighted by Gasteiger charge is 2.42. The van der Waals surface area contributed by atoms with E-state index in [0.717, 1.165) is 19.3 Å². The van der Waals surface area contributed by atoms with Gasteiger partial charge in [-0.15, -0.1) is 6.58 Å². The van der Waals surface area contributed by atoms with Crippen molar-refractivity contribution in [3.8, 4) is 0 Å². The summed E-state index contributed by atoms with van der Waals surface area (Å²) in [5.41, 5.74) is 5.41.